The number of carbonyl (C=O) groups excluding carboxylic acids is 2. The minimum absolute atomic E-state index is 0.0633. The summed E-state index contributed by atoms with van der Waals surface area (Å²) in [6.45, 7) is 5.47. The first-order valence-electron chi connectivity index (χ1n) is 18.3. The Balaban J connectivity index is 3.24. The zero-order valence-corrected chi connectivity index (χ0v) is 29.7. The highest BCUT2D eigenvalue weighted by Gasteiger charge is 2.05. The molecule has 0 atom stereocenters. The topological polar surface area (TPSA) is 52.6 Å². The van der Waals surface area contributed by atoms with Gasteiger partial charge >= 0.3 is 11.9 Å². The van der Waals surface area contributed by atoms with Crippen molar-refractivity contribution in [1.82, 2.24) is 0 Å². The number of hydrogen-bond donors (Lipinski definition) is 0. The summed E-state index contributed by atoms with van der Waals surface area (Å²) in [5.41, 5.74) is 0. The fraction of sp³-hybridized carbons (Fsp3) is 0.944. The van der Waals surface area contributed by atoms with E-state index in [0.29, 0.717) is 26.1 Å². The standard InChI is InChI=1S/C36H70O4S2/c1-3-5-7-9-11-13-15-16-17-18-20-22-24-26-28-30-36(38)40-32-34-42-41-33-31-39-35(37)29-27-25-23-21-19-14-12-10-8-6-4-2/h3-34H2,1-2H3. The lowest BCUT2D eigenvalue weighted by atomic mass is 10.0. The van der Waals surface area contributed by atoms with Crippen molar-refractivity contribution in [3.63, 3.8) is 0 Å². The summed E-state index contributed by atoms with van der Waals surface area (Å²) in [7, 11) is 3.36. The third kappa shape index (κ3) is 35.8. The van der Waals surface area contributed by atoms with Crippen LogP contribution < -0.4 is 0 Å². The Bertz CT molecular complexity index is 559. The molecule has 42 heavy (non-hydrogen) atoms. The Hall–Kier alpha value is -0.360. The predicted molar refractivity (Wildman–Crippen MR) is 187 cm³/mol. The van der Waals surface area contributed by atoms with Crippen LogP contribution in [0.1, 0.15) is 194 Å². The van der Waals surface area contributed by atoms with Gasteiger partial charge in [-0.05, 0) is 12.8 Å². The van der Waals surface area contributed by atoms with Gasteiger partial charge < -0.3 is 9.47 Å². The smallest absolute Gasteiger partial charge is 0.305 e. The zero-order chi connectivity index (χ0) is 30.6. The number of ether oxygens (including phenoxy) is 2. The number of esters is 2. The van der Waals surface area contributed by atoms with Crippen molar-refractivity contribution in [3.05, 3.63) is 0 Å². The van der Waals surface area contributed by atoms with Gasteiger partial charge in [-0.25, -0.2) is 0 Å². The van der Waals surface area contributed by atoms with Crippen LogP contribution in [0.2, 0.25) is 0 Å². The van der Waals surface area contributed by atoms with Crippen LogP contribution in [0.4, 0.5) is 0 Å². The zero-order valence-electron chi connectivity index (χ0n) is 28.1. The molecule has 6 heteroatoms. The van der Waals surface area contributed by atoms with E-state index in [9.17, 15) is 9.59 Å². The molecule has 0 bridgehead atoms. The predicted octanol–water partition coefficient (Wildman–Crippen LogP) is 12.4. The molecule has 0 heterocycles. The average molecular weight is 631 g/mol. The van der Waals surface area contributed by atoms with Crippen LogP contribution in [0, 0.1) is 0 Å². The summed E-state index contributed by atoms with van der Waals surface area (Å²) in [5, 5.41) is 0. The Morgan fingerprint density at radius 2 is 0.619 bits per heavy atom. The Labute approximate surface area is 270 Å². The van der Waals surface area contributed by atoms with Crippen molar-refractivity contribution < 1.29 is 19.1 Å². The summed E-state index contributed by atoms with van der Waals surface area (Å²) in [6, 6.07) is 0. The molecule has 0 aromatic carbocycles. The van der Waals surface area contributed by atoms with Crippen molar-refractivity contribution in [1.29, 1.82) is 0 Å². The molecule has 0 aromatic rings. The van der Waals surface area contributed by atoms with Crippen molar-refractivity contribution >= 4 is 33.5 Å². The lowest BCUT2D eigenvalue weighted by molar-refractivity contribution is -0.144. The Morgan fingerprint density at radius 3 is 0.881 bits per heavy atom. The van der Waals surface area contributed by atoms with E-state index in [4.69, 9.17) is 9.47 Å². The van der Waals surface area contributed by atoms with Gasteiger partial charge in [0.15, 0.2) is 0 Å². The van der Waals surface area contributed by atoms with Crippen LogP contribution in [0.25, 0.3) is 0 Å². The minimum atomic E-state index is -0.0655. The van der Waals surface area contributed by atoms with Gasteiger partial charge in [-0.2, -0.15) is 0 Å². The minimum Gasteiger partial charge on any atom is -0.465 e. The molecule has 0 saturated heterocycles. The van der Waals surface area contributed by atoms with Crippen LogP contribution >= 0.6 is 21.6 Å². The van der Waals surface area contributed by atoms with Crippen LogP contribution in [-0.4, -0.2) is 36.7 Å². The normalized spacial score (nSPS) is 11.2. The number of unbranched alkanes of at least 4 members (excludes halogenated alkanes) is 24. The van der Waals surface area contributed by atoms with Crippen LogP contribution in [-0.2, 0) is 19.1 Å². The number of hydrogen-bond acceptors (Lipinski definition) is 6. The second kappa shape index (κ2) is 36.8. The highest BCUT2D eigenvalue weighted by atomic mass is 33.1. The van der Waals surface area contributed by atoms with E-state index in [1.807, 2.05) is 0 Å². The summed E-state index contributed by atoms with van der Waals surface area (Å²) in [5.74, 6) is 1.43. The van der Waals surface area contributed by atoms with Crippen molar-refractivity contribution in [3.8, 4) is 0 Å². The molecular weight excluding hydrogens is 561 g/mol. The second-order valence-corrected chi connectivity index (χ2v) is 14.8. The molecular formula is C36H70O4S2. The highest BCUT2D eigenvalue weighted by molar-refractivity contribution is 8.76. The molecule has 0 spiro atoms. The highest BCUT2D eigenvalue weighted by Crippen LogP contribution is 2.21. The van der Waals surface area contributed by atoms with Crippen molar-refractivity contribution in [2.45, 2.75) is 194 Å². The van der Waals surface area contributed by atoms with E-state index in [0.717, 1.165) is 37.2 Å². The van der Waals surface area contributed by atoms with Crippen LogP contribution in [0.5, 0.6) is 0 Å². The second-order valence-electron chi connectivity index (χ2n) is 12.1. The Morgan fingerprint density at radius 1 is 0.381 bits per heavy atom. The van der Waals surface area contributed by atoms with E-state index >= 15 is 0 Å². The molecule has 0 aliphatic carbocycles. The van der Waals surface area contributed by atoms with Gasteiger partial charge in [0.25, 0.3) is 0 Å². The lowest BCUT2D eigenvalue weighted by Crippen LogP contribution is -2.08. The molecule has 0 fully saturated rings. The molecule has 0 aromatic heterocycles. The van der Waals surface area contributed by atoms with Crippen molar-refractivity contribution in [2.24, 2.45) is 0 Å². The summed E-state index contributed by atoms with van der Waals surface area (Å²) in [4.78, 5) is 23.8. The maximum atomic E-state index is 11.9. The summed E-state index contributed by atoms with van der Waals surface area (Å²) < 4.78 is 10.7. The SMILES string of the molecule is CCCCCCCCCCCCCCCCCC(=O)OCCSSCCOC(=O)CCCCCCCCCCCCC. The van der Waals surface area contributed by atoms with Gasteiger partial charge in [-0.15, -0.1) is 0 Å². The quantitative estimate of drug-likeness (QED) is 0.0394. The molecule has 0 aliphatic heterocycles. The van der Waals surface area contributed by atoms with Gasteiger partial charge in [0.2, 0.25) is 0 Å². The van der Waals surface area contributed by atoms with Gasteiger partial charge in [-0.1, -0.05) is 190 Å². The molecule has 0 unspecified atom stereocenters. The number of rotatable bonds is 35. The molecule has 4 nitrogen and oxygen atoms in total. The van der Waals surface area contributed by atoms with Crippen LogP contribution in [0.3, 0.4) is 0 Å². The van der Waals surface area contributed by atoms with Gasteiger partial charge in [0.1, 0.15) is 13.2 Å². The van der Waals surface area contributed by atoms with E-state index in [1.54, 1.807) is 21.6 Å². The largest absolute Gasteiger partial charge is 0.465 e. The van der Waals surface area contributed by atoms with E-state index < -0.39 is 0 Å². The van der Waals surface area contributed by atoms with Crippen molar-refractivity contribution in [2.75, 3.05) is 24.7 Å². The summed E-state index contributed by atoms with van der Waals surface area (Å²) in [6.07, 6.45) is 35.3. The maximum Gasteiger partial charge on any atom is 0.305 e. The molecule has 0 radical (unpaired) electrons. The third-order valence-corrected chi connectivity index (χ3v) is 10.2. The fourth-order valence-corrected chi connectivity index (χ4v) is 6.87. The molecule has 0 aliphatic rings. The van der Waals surface area contributed by atoms with Gasteiger partial charge in [-0.3, -0.25) is 9.59 Å². The first-order chi connectivity index (χ1) is 20.7. The lowest BCUT2D eigenvalue weighted by Gasteiger charge is -2.06. The van der Waals surface area contributed by atoms with Gasteiger partial charge in [0, 0.05) is 24.3 Å². The van der Waals surface area contributed by atoms with Crippen LogP contribution in [0.15, 0.2) is 0 Å². The summed E-state index contributed by atoms with van der Waals surface area (Å²) >= 11 is 0. The van der Waals surface area contributed by atoms with E-state index in [2.05, 4.69) is 13.8 Å². The number of carbonyl (C=O) groups is 2. The monoisotopic (exact) mass is 630 g/mol. The first kappa shape index (κ1) is 41.6. The molecule has 250 valence electrons. The average Bonchev–Trinajstić information content (AvgIpc) is 2.99. The third-order valence-electron chi connectivity index (χ3n) is 7.91. The van der Waals surface area contributed by atoms with Gasteiger partial charge in [0.05, 0.1) is 0 Å². The molecule has 0 rings (SSSR count). The van der Waals surface area contributed by atoms with E-state index in [1.165, 1.54) is 141 Å². The fourth-order valence-electron chi connectivity index (χ4n) is 5.22. The first-order valence-corrected chi connectivity index (χ1v) is 20.7. The van der Waals surface area contributed by atoms with E-state index in [-0.39, 0.29) is 11.9 Å². The molecule has 0 saturated carbocycles. The molecule has 0 amide bonds. The maximum absolute atomic E-state index is 11.9. The Kier molecular flexibility index (Phi) is 36.5. The molecule has 0 N–H and O–H groups in total.